The van der Waals surface area contributed by atoms with Gasteiger partial charge in [0, 0.05) is 51.5 Å². The van der Waals surface area contributed by atoms with E-state index in [1.807, 2.05) is 6.07 Å². The summed E-state index contributed by atoms with van der Waals surface area (Å²) in [6.45, 7) is 3.37. The maximum Gasteiger partial charge on any atom is 0.441 e. The number of nitrogens with one attached hydrogen (secondary N) is 1. The monoisotopic (exact) mass is 466 g/mol. The third-order valence-corrected chi connectivity index (χ3v) is 5.90. The first-order valence-corrected chi connectivity index (χ1v) is 10.9. The zero-order valence-electron chi connectivity index (χ0n) is 18.2. The number of aliphatic hydroxyl groups excluding tert-OH is 1. The summed E-state index contributed by atoms with van der Waals surface area (Å²) in [5, 5.41) is 27.3. The molecule has 1 atom stereocenters. The van der Waals surface area contributed by atoms with Crippen LogP contribution >= 0.6 is 0 Å². The molecule has 1 unspecified atom stereocenters. The number of halogens is 1. The van der Waals surface area contributed by atoms with Crippen molar-refractivity contribution in [2.45, 2.75) is 6.10 Å². The normalized spacial score (nSPS) is 15.6. The molecule has 1 aromatic carbocycles. The van der Waals surface area contributed by atoms with Gasteiger partial charge in [0.2, 0.25) is 0 Å². The molecule has 0 saturated carbocycles. The molecule has 34 heavy (non-hydrogen) atoms. The van der Waals surface area contributed by atoms with Crippen LogP contribution in [0.1, 0.15) is 0 Å². The van der Waals surface area contributed by atoms with Crippen LogP contribution in [0.3, 0.4) is 0 Å². The molecule has 11 heteroatoms. The number of fused-ring (bicyclic) bond motifs is 2. The predicted molar refractivity (Wildman–Crippen MR) is 124 cm³/mol. The fourth-order valence-corrected chi connectivity index (χ4v) is 4.23. The number of β-amino-alcohol motifs (C(OH)–C–C–N with tert-alkyl or cyclic N) is 1. The number of aromatic nitrogens is 3. The fraction of sp³-hybridized carbons (Fsp3) is 0.304. The number of anilines is 2. The second-order valence-corrected chi connectivity index (χ2v) is 8.23. The summed E-state index contributed by atoms with van der Waals surface area (Å²) in [5.74, 6) is -0.322. The number of aliphatic hydroxyl groups is 1. The second-order valence-electron chi connectivity index (χ2n) is 8.23. The Kier molecular flexibility index (Phi) is 5.95. The van der Waals surface area contributed by atoms with Crippen LogP contribution < -0.4 is 20.7 Å². The minimum Gasteiger partial charge on any atom is -0.619 e. The number of pyridine rings is 2. The van der Waals surface area contributed by atoms with Crippen LogP contribution in [-0.4, -0.2) is 65.3 Å². The Morgan fingerprint density at radius 2 is 2.03 bits per heavy atom. The van der Waals surface area contributed by atoms with Crippen LogP contribution in [0.4, 0.5) is 16.0 Å². The lowest BCUT2D eigenvalue weighted by Gasteiger charge is -2.36. The smallest absolute Gasteiger partial charge is 0.441 e. The van der Waals surface area contributed by atoms with Crippen molar-refractivity contribution in [2.24, 2.45) is 0 Å². The topological polar surface area (TPSA) is 122 Å². The van der Waals surface area contributed by atoms with Crippen LogP contribution in [0.15, 0.2) is 58.1 Å². The van der Waals surface area contributed by atoms with Gasteiger partial charge in [0.25, 0.3) is 0 Å². The lowest BCUT2D eigenvalue weighted by atomic mass is 10.2. The summed E-state index contributed by atoms with van der Waals surface area (Å²) >= 11 is 0. The highest BCUT2D eigenvalue weighted by Gasteiger charge is 2.22. The van der Waals surface area contributed by atoms with E-state index in [4.69, 9.17) is 4.42 Å². The number of nitrogens with zero attached hydrogens (tertiary/aromatic N) is 5. The van der Waals surface area contributed by atoms with Crippen molar-refractivity contribution in [3.63, 3.8) is 0 Å². The van der Waals surface area contributed by atoms with Crippen LogP contribution in [-0.2, 0) is 0 Å². The third-order valence-electron chi connectivity index (χ3n) is 5.90. The Hall–Kier alpha value is -3.83. The van der Waals surface area contributed by atoms with E-state index >= 15 is 0 Å². The average molecular weight is 466 g/mol. The van der Waals surface area contributed by atoms with Gasteiger partial charge in [-0.3, -0.25) is 4.90 Å². The van der Waals surface area contributed by atoms with E-state index in [0.717, 1.165) is 21.3 Å². The van der Waals surface area contributed by atoms with Crippen molar-refractivity contribution in [3.8, 4) is 0 Å². The maximum atomic E-state index is 13.6. The quantitative estimate of drug-likeness (QED) is 0.318. The van der Waals surface area contributed by atoms with Crippen LogP contribution in [0.2, 0.25) is 0 Å². The van der Waals surface area contributed by atoms with Gasteiger partial charge in [-0.25, -0.2) is 14.2 Å². The third kappa shape index (κ3) is 4.61. The summed E-state index contributed by atoms with van der Waals surface area (Å²) in [5.41, 5.74) is 0.221. The Labute approximate surface area is 193 Å². The lowest BCUT2D eigenvalue weighted by molar-refractivity contribution is -0.603. The first-order chi connectivity index (χ1) is 16.5. The zero-order chi connectivity index (χ0) is 23.7. The molecule has 2 N–H and O–H groups in total. The van der Waals surface area contributed by atoms with Crippen LogP contribution in [0.5, 0.6) is 0 Å². The first-order valence-electron chi connectivity index (χ1n) is 10.9. The number of hydrogen-bond acceptors (Lipinski definition) is 9. The summed E-state index contributed by atoms with van der Waals surface area (Å²) in [6.07, 6.45) is 4.01. The van der Waals surface area contributed by atoms with E-state index in [1.165, 1.54) is 30.6 Å². The summed E-state index contributed by atoms with van der Waals surface area (Å²) in [7, 11) is 0. The van der Waals surface area contributed by atoms with Gasteiger partial charge in [-0.05, 0) is 29.7 Å². The van der Waals surface area contributed by atoms with Gasteiger partial charge in [-0.1, -0.05) is 0 Å². The minimum absolute atomic E-state index is 0.136. The van der Waals surface area contributed by atoms with Gasteiger partial charge >= 0.3 is 5.76 Å². The van der Waals surface area contributed by atoms with Crippen molar-refractivity contribution in [1.82, 2.24) is 14.9 Å². The highest BCUT2D eigenvalue weighted by Crippen LogP contribution is 2.24. The van der Waals surface area contributed by atoms with Crippen LogP contribution in [0.25, 0.3) is 21.7 Å². The molecule has 10 nitrogen and oxygen atoms in total. The molecule has 0 radical (unpaired) electrons. The molecule has 0 bridgehead atoms. The molecule has 5 rings (SSSR count). The van der Waals surface area contributed by atoms with Crippen molar-refractivity contribution in [1.29, 1.82) is 0 Å². The maximum absolute atomic E-state index is 13.6. The van der Waals surface area contributed by atoms with Crippen molar-refractivity contribution < 1.29 is 18.6 Å². The highest BCUT2D eigenvalue weighted by molar-refractivity contribution is 5.90. The van der Waals surface area contributed by atoms with E-state index in [9.17, 15) is 19.5 Å². The molecule has 4 aromatic rings. The Balaban J connectivity index is 1.19. The molecular formula is C23H23FN6O4. The molecule has 1 aliphatic heterocycles. The number of hydrogen-bond donors (Lipinski definition) is 2. The van der Waals surface area contributed by atoms with Crippen molar-refractivity contribution in [3.05, 3.63) is 70.5 Å². The van der Waals surface area contributed by atoms with Gasteiger partial charge in [0.1, 0.15) is 23.0 Å². The molecule has 176 valence electrons. The van der Waals surface area contributed by atoms with Gasteiger partial charge in [-0.15, -0.1) is 0 Å². The van der Waals surface area contributed by atoms with Gasteiger partial charge < -0.3 is 24.9 Å². The highest BCUT2D eigenvalue weighted by atomic mass is 19.1. The Morgan fingerprint density at radius 3 is 2.85 bits per heavy atom. The molecule has 1 fully saturated rings. The van der Waals surface area contributed by atoms with Crippen molar-refractivity contribution >= 4 is 33.4 Å². The molecule has 0 aliphatic carbocycles. The summed E-state index contributed by atoms with van der Waals surface area (Å²) in [6, 6.07) is 7.46. The second kappa shape index (κ2) is 9.20. The van der Waals surface area contributed by atoms with E-state index in [2.05, 4.69) is 25.1 Å². The number of piperazine rings is 1. The lowest BCUT2D eigenvalue weighted by Crippen LogP contribution is -2.49. The fourth-order valence-electron chi connectivity index (χ4n) is 4.23. The van der Waals surface area contributed by atoms with Gasteiger partial charge in [0.05, 0.1) is 16.9 Å². The molecule has 1 aliphatic rings. The Bertz CT molecular complexity index is 1390. The summed E-state index contributed by atoms with van der Waals surface area (Å²) < 4.78 is 19.4. The largest absolute Gasteiger partial charge is 0.619 e. The average Bonchev–Trinajstić information content (AvgIpc) is 2.83. The van der Waals surface area contributed by atoms with E-state index in [1.54, 1.807) is 12.3 Å². The van der Waals surface area contributed by atoms with E-state index < -0.39 is 17.7 Å². The number of benzene rings is 1. The Morgan fingerprint density at radius 1 is 1.21 bits per heavy atom. The van der Waals surface area contributed by atoms with Crippen LogP contribution in [0, 0.1) is 11.0 Å². The molecule has 4 heterocycles. The first kappa shape index (κ1) is 22.0. The van der Waals surface area contributed by atoms with E-state index in [-0.39, 0.29) is 17.9 Å². The summed E-state index contributed by atoms with van der Waals surface area (Å²) in [4.78, 5) is 24.2. The zero-order valence-corrected chi connectivity index (χ0v) is 18.2. The molecule has 1 saturated heterocycles. The predicted octanol–water partition coefficient (Wildman–Crippen LogP) is 1.10. The van der Waals surface area contributed by atoms with Gasteiger partial charge in [-0.2, -0.15) is 9.71 Å². The molecule has 3 aromatic heterocycles. The molecule has 0 spiro atoms. The van der Waals surface area contributed by atoms with E-state index in [0.29, 0.717) is 38.1 Å². The van der Waals surface area contributed by atoms with Crippen molar-refractivity contribution in [2.75, 3.05) is 49.5 Å². The SMILES string of the molecule is O=c1nc(NCC(O)CN2CCN(c3nccc4cc[n+]([O-])cc34)CC2)c2cc(F)ccc2o1. The molecule has 0 amide bonds. The minimum atomic E-state index is -0.795. The molecular weight excluding hydrogens is 443 g/mol. The standard InChI is InChI=1S/C23H23FN6O4/c24-16-1-2-20-18(11-16)21(27-23(32)34-20)26-12-17(31)13-28-7-9-29(10-8-28)22-19-14-30(33)6-4-15(19)3-5-25-22/h1-6,11,14,17,31H,7-10,12-13H2,(H,26,27,32). The van der Waals surface area contributed by atoms with Gasteiger partial charge in [0.15, 0.2) is 12.4 Å². The number of rotatable bonds is 6.